The summed E-state index contributed by atoms with van der Waals surface area (Å²) in [6.07, 6.45) is 2.14. The SMILES string of the molecule is CCOc1ccc(CCCC(=O)NN)cc1C. The van der Waals surface area contributed by atoms with Gasteiger partial charge in [0.1, 0.15) is 5.75 Å². The van der Waals surface area contributed by atoms with Crippen LogP contribution in [0.3, 0.4) is 0 Å². The minimum absolute atomic E-state index is 0.118. The van der Waals surface area contributed by atoms with Crippen LogP contribution in [0.1, 0.15) is 30.9 Å². The molecule has 0 saturated heterocycles. The van der Waals surface area contributed by atoms with E-state index in [9.17, 15) is 4.79 Å². The van der Waals surface area contributed by atoms with Crippen LogP contribution in [0.25, 0.3) is 0 Å². The van der Waals surface area contributed by atoms with Crippen LogP contribution >= 0.6 is 0 Å². The number of carbonyl (C=O) groups is 1. The van der Waals surface area contributed by atoms with Crippen molar-refractivity contribution in [2.75, 3.05) is 6.61 Å². The third kappa shape index (κ3) is 4.44. The Balaban J connectivity index is 2.50. The number of carbonyl (C=O) groups excluding carboxylic acids is 1. The number of nitrogens with two attached hydrogens (primary N) is 1. The maximum atomic E-state index is 11.0. The standard InChI is InChI=1S/C13H20N2O2/c1-3-17-12-8-7-11(9-10(12)2)5-4-6-13(16)15-14/h7-9H,3-6,14H2,1-2H3,(H,15,16). The van der Waals surface area contributed by atoms with E-state index in [2.05, 4.69) is 11.5 Å². The molecule has 0 aliphatic heterocycles. The zero-order valence-corrected chi connectivity index (χ0v) is 10.5. The van der Waals surface area contributed by atoms with Gasteiger partial charge >= 0.3 is 0 Å². The van der Waals surface area contributed by atoms with Crippen LogP contribution in [0.4, 0.5) is 0 Å². The van der Waals surface area contributed by atoms with E-state index in [0.29, 0.717) is 13.0 Å². The topological polar surface area (TPSA) is 64.3 Å². The second-order valence-corrected chi connectivity index (χ2v) is 3.95. The fourth-order valence-corrected chi connectivity index (χ4v) is 1.71. The summed E-state index contributed by atoms with van der Waals surface area (Å²) < 4.78 is 5.47. The molecule has 0 atom stereocenters. The first-order valence-electron chi connectivity index (χ1n) is 5.89. The molecule has 1 amide bonds. The number of rotatable bonds is 6. The second-order valence-electron chi connectivity index (χ2n) is 3.95. The van der Waals surface area contributed by atoms with Gasteiger partial charge in [0.25, 0.3) is 0 Å². The van der Waals surface area contributed by atoms with Gasteiger partial charge in [-0.2, -0.15) is 0 Å². The van der Waals surface area contributed by atoms with Crippen molar-refractivity contribution in [3.8, 4) is 5.75 Å². The van der Waals surface area contributed by atoms with Gasteiger partial charge in [-0.15, -0.1) is 0 Å². The first kappa shape index (κ1) is 13.5. The molecule has 0 heterocycles. The van der Waals surface area contributed by atoms with Crippen molar-refractivity contribution < 1.29 is 9.53 Å². The molecule has 4 heteroatoms. The monoisotopic (exact) mass is 236 g/mol. The van der Waals surface area contributed by atoms with Crippen LogP contribution in [0.15, 0.2) is 18.2 Å². The van der Waals surface area contributed by atoms with Gasteiger partial charge in [0, 0.05) is 6.42 Å². The Kier molecular flexibility index (Phi) is 5.49. The zero-order chi connectivity index (χ0) is 12.7. The van der Waals surface area contributed by atoms with E-state index in [-0.39, 0.29) is 5.91 Å². The predicted octanol–water partition coefficient (Wildman–Crippen LogP) is 1.71. The lowest BCUT2D eigenvalue weighted by Gasteiger charge is -2.09. The van der Waals surface area contributed by atoms with Crippen molar-refractivity contribution >= 4 is 5.91 Å². The third-order valence-corrected chi connectivity index (χ3v) is 2.57. The Bertz CT molecular complexity index is 378. The molecule has 4 nitrogen and oxygen atoms in total. The molecule has 0 aliphatic rings. The van der Waals surface area contributed by atoms with E-state index in [4.69, 9.17) is 10.6 Å². The molecule has 0 unspecified atom stereocenters. The highest BCUT2D eigenvalue weighted by molar-refractivity contribution is 5.75. The van der Waals surface area contributed by atoms with Crippen LogP contribution in [0, 0.1) is 6.92 Å². The summed E-state index contributed by atoms with van der Waals surface area (Å²) in [7, 11) is 0. The highest BCUT2D eigenvalue weighted by Crippen LogP contribution is 2.20. The summed E-state index contributed by atoms with van der Waals surface area (Å²) in [6, 6.07) is 6.13. The van der Waals surface area contributed by atoms with Gasteiger partial charge < -0.3 is 4.74 Å². The van der Waals surface area contributed by atoms with Crippen molar-refractivity contribution in [1.82, 2.24) is 5.43 Å². The first-order chi connectivity index (χ1) is 8.17. The number of hydrogen-bond acceptors (Lipinski definition) is 3. The van der Waals surface area contributed by atoms with Gasteiger partial charge in [0.2, 0.25) is 5.91 Å². The van der Waals surface area contributed by atoms with Gasteiger partial charge in [-0.25, -0.2) is 5.84 Å². The molecular weight excluding hydrogens is 216 g/mol. The molecule has 0 fully saturated rings. The van der Waals surface area contributed by atoms with Crippen LogP contribution in [-0.4, -0.2) is 12.5 Å². The summed E-state index contributed by atoms with van der Waals surface area (Å²) in [6.45, 7) is 4.68. The van der Waals surface area contributed by atoms with Crippen molar-refractivity contribution in [3.05, 3.63) is 29.3 Å². The fourth-order valence-electron chi connectivity index (χ4n) is 1.71. The largest absolute Gasteiger partial charge is 0.494 e. The van der Waals surface area contributed by atoms with Gasteiger partial charge in [-0.05, 0) is 43.9 Å². The second kappa shape index (κ2) is 6.91. The molecule has 0 spiro atoms. The Morgan fingerprint density at radius 1 is 1.47 bits per heavy atom. The minimum Gasteiger partial charge on any atom is -0.494 e. The average molecular weight is 236 g/mol. The molecule has 0 bridgehead atoms. The van der Waals surface area contributed by atoms with Crippen molar-refractivity contribution in [2.45, 2.75) is 33.1 Å². The molecule has 1 aromatic rings. The average Bonchev–Trinajstić information content (AvgIpc) is 2.32. The van der Waals surface area contributed by atoms with Gasteiger partial charge in [0.05, 0.1) is 6.61 Å². The summed E-state index contributed by atoms with van der Waals surface area (Å²) in [4.78, 5) is 11.0. The maximum Gasteiger partial charge on any atom is 0.233 e. The minimum atomic E-state index is -0.118. The number of benzene rings is 1. The summed E-state index contributed by atoms with van der Waals surface area (Å²) in [5.74, 6) is 5.82. The Morgan fingerprint density at radius 3 is 2.82 bits per heavy atom. The molecule has 3 N–H and O–H groups in total. The summed E-state index contributed by atoms with van der Waals surface area (Å²) >= 11 is 0. The van der Waals surface area contributed by atoms with Gasteiger partial charge in [-0.3, -0.25) is 10.2 Å². The lowest BCUT2D eigenvalue weighted by atomic mass is 10.0. The predicted molar refractivity (Wildman–Crippen MR) is 67.6 cm³/mol. The Hall–Kier alpha value is -1.55. The smallest absolute Gasteiger partial charge is 0.233 e. The highest BCUT2D eigenvalue weighted by atomic mass is 16.5. The van der Waals surface area contributed by atoms with E-state index in [1.807, 2.05) is 26.0 Å². The molecule has 1 rings (SSSR count). The number of amides is 1. The van der Waals surface area contributed by atoms with Crippen LogP contribution in [-0.2, 0) is 11.2 Å². The fraction of sp³-hybridized carbons (Fsp3) is 0.462. The number of ether oxygens (including phenoxy) is 1. The lowest BCUT2D eigenvalue weighted by Crippen LogP contribution is -2.29. The Morgan fingerprint density at radius 2 is 2.24 bits per heavy atom. The molecule has 0 aromatic heterocycles. The molecular formula is C13H20N2O2. The molecule has 0 saturated carbocycles. The first-order valence-corrected chi connectivity index (χ1v) is 5.89. The van der Waals surface area contributed by atoms with E-state index < -0.39 is 0 Å². The van der Waals surface area contributed by atoms with E-state index in [1.165, 1.54) is 5.56 Å². The van der Waals surface area contributed by atoms with Gasteiger partial charge in [-0.1, -0.05) is 12.1 Å². The number of hydrazine groups is 1. The van der Waals surface area contributed by atoms with Crippen molar-refractivity contribution in [1.29, 1.82) is 0 Å². The normalized spacial score (nSPS) is 10.1. The van der Waals surface area contributed by atoms with Crippen LogP contribution < -0.4 is 16.0 Å². The summed E-state index contributed by atoms with van der Waals surface area (Å²) in [5, 5.41) is 0. The number of aryl methyl sites for hydroxylation is 2. The van der Waals surface area contributed by atoms with Crippen LogP contribution in [0.5, 0.6) is 5.75 Å². The number of nitrogens with one attached hydrogen (secondary N) is 1. The summed E-state index contributed by atoms with van der Waals surface area (Å²) in [5.41, 5.74) is 4.48. The van der Waals surface area contributed by atoms with Crippen molar-refractivity contribution in [2.24, 2.45) is 5.84 Å². The molecule has 94 valence electrons. The Labute approximate surface area is 102 Å². The van der Waals surface area contributed by atoms with Gasteiger partial charge in [0.15, 0.2) is 0 Å². The maximum absolute atomic E-state index is 11.0. The molecule has 0 radical (unpaired) electrons. The van der Waals surface area contributed by atoms with E-state index in [1.54, 1.807) is 0 Å². The molecule has 1 aromatic carbocycles. The number of hydrogen-bond donors (Lipinski definition) is 2. The highest BCUT2D eigenvalue weighted by Gasteiger charge is 2.02. The third-order valence-electron chi connectivity index (χ3n) is 2.57. The molecule has 0 aliphatic carbocycles. The zero-order valence-electron chi connectivity index (χ0n) is 10.5. The lowest BCUT2D eigenvalue weighted by molar-refractivity contribution is -0.121. The molecule has 17 heavy (non-hydrogen) atoms. The van der Waals surface area contributed by atoms with Crippen molar-refractivity contribution in [3.63, 3.8) is 0 Å². The van der Waals surface area contributed by atoms with E-state index in [0.717, 1.165) is 24.2 Å². The van der Waals surface area contributed by atoms with E-state index >= 15 is 0 Å². The quantitative estimate of drug-likeness (QED) is 0.449. The van der Waals surface area contributed by atoms with Crippen LogP contribution in [0.2, 0.25) is 0 Å².